The van der Waals surface area contributed by atoms with E-state index >= 15 is 0 Å². The first kappa shape index (κ1) is 20.8. The van der Waals surface area contributed by atoms with Crippen LogP contribution >= 0.6 is 15.9 Å². The van der Waals surface area contributed by atoms with Gasteiger partial charge in [-0.3, -0.25) is 4.79 Å². The van der Waals surface area contributed by atoms with E-state index in [9.17, 15) is 4.79 Å². The fourth-order valence-corrected chi connectivity index (χ4v) is 4.90. The Morgan fingerprint density at radius 2 is 1.59 bits per heavy atom. The third-order valence-corrected chi connectivity index (χ3v) is 6.70. The first-order valence-electron chi connectivity index (χ1n) is 11.0. The molecule has 2 atom stereocenters. The number of carbonyl (C=O) groups excluding carboxylic acids is 1. The molecule has 162 valence electrons. The van der Waals surface area contributed by atoms with Crippen LogP contribution in [0.15, 0.2) is 88.5 Å². The van der Waals surface area contributed by atoms with Gasteiger partial charge in [0.25, 0.3) is 0 Å². The maximum Gasteiger partial charge on any atom is 0.163 e. The highest BCUT2D eigenvalue weighted by molar-refractivity contribution is 9.10. The Morgan fingerprint density at radius 1 is 0.906 bits per heavy atom. The topological polar surface area (TPSA) is 50.4 Å². The van der Waals surface area contributed by atoms with E-state index in [0.29, 0.717) is 13.0 Å². The lowest BCUT2D eigenvalue weighted by Crippen LogP contribution is -2.26. The Kier molecular flexibility index (Phi) is 5.75. The van der Waals surface area contributed by atoms with Crippen molar-refractivity contribution < 1.29 is 9.53 Å². The van der Waals surface area contributed by atoms with E-state index in [1.54, 1.807) is 0 Å². The summed E-state index contributed by atoms with van der Waals surface area (Å²) in [7, 11) is 0. The van der Waals surface area contributed by atoms with Gasteiger partial charge in [-0.2, -0.15) is 0 Å². The van der Waals surface area contributed by atoms with Gasteiger partial charge in [0.2, 0.25) is 0 Å². The van der Waals surface area contributed by atoms with E-state index in [1.807, 2.05) is 43.3 Å². The zero-order valence-electron chi connectivity index (χ0n) is 17.9. The number of carbonyl (C=O) groups is 1. The van der Waals surface area contributed by atoms with E-state index in [2.05, 4.69) is 63.0 Å². The van der Waals surface area contributed by atoms with Crippen molar-refractivity contribution in [3.63, 3.8) is 0 Å². The summed E-state index contributed by atoms with van der Waals surface area (Å²) in [5.41, 5.74) is 6.09. The second-order valence-corrected chi connectivity index (χ2v) is 9.14. The number of hydrogen-bond acceptors (Lipinski definition) is 4. The molecule has 0 bridgehead atoms. The number of para-hydroxylation sites is 2. The molecule has 0 saturated heterocycles. The predicted octanol–water partition coefficient (Wildman–Crippen LogP) is 6.83. The summed E-state index contributed by atoms with van der Waals surface area (Å²) >= 11 is 3.52. The Balaban J connectivity index is 1.54. The Bertz CT molecular complexity index is 1170. The van der Waals surface area contributed by atoms with Crippen molar-refractivity contribution in [2.24, 2.45) is 0 Å². The number of fused-ring (bicyclic) bond motifs is 1. The van der Waals surface area contributed by atoms with Crippen molar-refractivity contribution in [1.29, 1.82) is 0 Å². The molecule has 3 aromatic rings. The standard InChI is InChI=1S/C27H25BrN2O2/c1-2-32-21-13-9-17(10-14-21)19-15-24-26(25(31)16-19)27(18-7-11-20(28)12-8-18)30-23-6-4-3-5-22(23)29-24/h3-14,19,27,29-30H,2,15-16H2,1H3. The summed E-state index contributed by atoms with van der Waals surface area (Å²) in [6.07, 6.45) is 1.29. The highest BCUT2D eigenvalue weighted by atomic mass is 79.9. The molecule has 2 unspecified atom stereocenters. The smallest absolute Gasteiger partial charge is 0.163 e. The second kappa shape index (κ2) is 8.83. The fourth-order valence-electron chi connectivity index (χ4n) is 4.64. The summed E-state index contributed by atoms with van der Waals surface area (Å²) in [5, 5.41) is 7.22. The van der Waals surface area contributed by atoms with Crippen LogP contribution in [-0.2, 0) is 4.79 Å². The molecule has 3 aromatic carbocycles. The molecule has 1 aliphatic carbocycles. The zero-order chi connectivity index (χ0) is 22.1. The van der Waals surface area contributed by atoms with Crippen LogP contribution in [0, 0.1) is 0 Å². The van der Waals surface area contributed by atoms with Gasteiger partial charge in [-0.1, -0.05) is 52.3 Å². The van der Waals surface area contributed by atoms with Crippen LogP contribution in [0.3, 0.4) is 0 Å². The highest BCUT2D eigenvalue weighted by Gasteiger charge is 2.36. The number of allylic oxidation sites excluding steroid dienone is 1. The fraction of sp³-hybridized carbons (Fsp3) is 0.222. The van der Waals surface area contributed by atoms with Gasteiger partial charge in [-0.25, -0.2) is 0 Å². The summed E-state index contributed by atoms with van der Waals surface area (Å²) in [6, 6.07) is 24.3. The Morgan fingerprint density at radius 3 is 2.31 bits per heavy atom. The number of halogens is 1. The highest BCUT2D eigenvalue weighted by Crippen LogP contribution is 2.44. The molecule has 2 N–H and O–H groups in total. The normalized spacial score (nSPS) is 19.9. The number of Topliss-reactive ketones (excluding diaryl/α,β-unsaturated/α-hetero) is 1. The third-order valence-electron chi connectivity index (χ3n) is 6.17. The van der Waals surface area contributed by atoms with Crippen molar-refractivity contribution in [1.82, 2.24) is 0 Å². The average Bonchev–Trinajstić information content (AvgIpc) is 2.97. The molecule has 1 heterocycles. The van der Waals surface area contributed by atoms with E-state index in [0.717, 1.165) is 44.9 Å². The van der Waals surface area contributed by atoms with Crippen LogP contribution in [-0.4, -0.2) is 12.4 Å². The molecule has 5 heteroatoms. The molecule has 1 aliphatic heterocycles. The van der Waals surface area contributed by atoms with Crippen LogP contribution in [0.5, 0.6) is 5.75 Å². The maximum absolute atomic E-state index is 13.6. The Labute approximate surface area is 196 Å². The maximum atomic E-state index is 13.6. The minimum Gasteiger partial charge on any atom is -0.494 e. The number of benzene rings is 3. The summed E-state index contributed by atoms with van der Waals surface area (Å²) < 4.78 is 6.60. The number of rotatable bonds is 4. The molecule has 0 amide bonds. The van der Waals surface area contributed by atoms with Crippen molar-refractivity contribution in [2.45, 2.75) is 31.7 Å². The number of nitrogens with one attached hydrogen (secondary N) is 2. The van der Waals surface area contributed by atoms with Crippen molar-refractivity contribution in [3.8, 4) is 5.75 Å². The molecule has 0 saturated carbocycles. The summed E-state index contributed by atoms with van der Waals surface area (Å²) in [6.45, 7) is 2.62. The number of ketones is 1. The summed E-state index contributed by atoms with van der Waals surface area (Å²) in [4.78, 5) is 13.6. The zero-order valence-corrected chi connectivity index (χ0v) is 19.5. The molecule has 0 aromatic heterocycles. The lowest BCUT2D eigenvalue weighted by Gasteiger charge is -2.30. The van der Waals surface area contributed by atoms with Gasteiger partial charge in [-0.15, -0.1) is 0 Å². The summed E-state index contributed by atoms with van der Waals surface area (Å²) in [5.74, 6) is 1.19. The van der Waals surface area contributed by atoms with Crippen LogP contribution in [0.2, 0.25) is 0 Å². The van der Waals surface area contributed by atoms with Gasteiger partial charge < -0.3 is 15.4 Å². The lowest BCUT2D eigenvalue weighted by molar-refractivity contribution is -0.116. The van der Waals surface area contributed by atoms with Crippen molar-refractivity contribution in [3.05, 3.63) is 99.7 Å². The van der Waals surface area contributed by atoms with Gasteiger partial charge in [0.05, 0.1) is 24.0 Å². The average molecular weight is 489 g/mol. The molecule has 4 nitrogen and oxygen atoms in total. The first-order chi connectivity index (χ1) is 15.6. The monoisotopic (exact) mass is 488 g/mol. The van der Waals surface area contributed by atoms with E-state index in [-0.39, 0.29) is 17.7 Å². The molecule has 0 fully saturated rings. The van der Waals surface area contributed by atoms with E-state index < -0.39 is 0 Å². The second-order valence-electron chi connectivity index (χ2n) is 8.22. The molecule has 0 radical (unpaired) electrons. The van der Waals surface area contributed by atoms with E-state index in [1.165, 1.54) is 5.56 Å². The van der Waals surface area contributed by atoms with Gasteiger partial charge in [0.15, 0.2) is 5.78 Å². The van der Waals surface area contributed by atoms with E-state index in [4.69, 9.17) is 4.74 Å². The van der Waals surface area contributed by atoms with Crippen LogP contribution in [0.4, 0.5) is 11.4 Å². The molecular formula is C27H25BrN2O2. The molecule has 5 rings (SSSR count). The van der Waals surface area contributed by atoms with Crippen molar-refractivity contribution >= 4 is 33.1 Å². The van der Waals surface area contributed by atoms with Crippen LogP contribution < -0.4 is 15.4 Å². The SMILES string of the molecule is CCOc1ccc(C2CC(=O)C3=C(C2)Nc2ccccc2NC3c2ccc(Br)cc2)cc1. The number of anilines is 2. The minimum atomic E-state index is -0.192. The van der Waals surface area contributed by atoms with Crippen molar-refractivity contribution in [2.75, 3.05) is 17.2 Å². The van der Waals surface area contributed by atoms with Crippen LogP contribution in [0.1, 0.15) is 42.9 Å². The van der Waals surface area contributed by atoms with Gasteiger partial charge >= 0.3 is 0 Å². The van der Waals surface area contributed by atoms with Gasteiger partial charge in [0.1, 0.15) is 5.75 Å². The Hall–Kier alpha value is -3.05. The third kappa shape index (κ3) is 4.05. The number of ether oxygens (including phenoxy) is 1. The number of hydrogen-bond donors (Lipinski definition) is 2. The minimum absolute atomic E-state index is 0.139. The quantitative estimate of drug-likeness (QED) is 0.422. The lowest BCUT2D eigenvalue weighted by atomic mass is 9.78. The first-order valence-corrected chi connectivity index (χ1v) is 11.8. The molecule has 2 aliphatic rings. The van der Waals surface area contributed by atoms with Gasteiger partial charge in [0, 0.05) is 22.2 Å². The molecule has 0 spiro atoms. The largest absolute Gasteiger partial charge is 0.494 e. The predicted molar refractivity (Wildman–Crippen MR) is 132 cm³/mol. The van der Waals surface area contributed by atoms with Gasteiger partial charge in [-0.05, 0) is 66.8 Å². The molecular weight excluding hydrogens is 464 g/mol. The van der Waals surface area contributed by atoms with Crippen LogP contribution in [0.25, 0.3) is 0 Å². The molecule has 32 heavy (non-hydrogen) atoms.